The lowest BCUT2D eigenvalue weighted by atomic mass is 10.3. The van der Waals surface area contributed by atoms with E-state index >= 15 is 0 Å². The maximum Gasteiger partial charge on any atom is 0.0671 e. The number of aliphatic hydroxyl groups is 1. The summed E-state index contributed by atoms with van der Waals surface area (Å²) >= 11 is 0. The van der Waals surface area contributed by atoms with Crippen molar-refractivity contribution in [2.24, 2.45) is 0 Å². The minimum absolute atomic E-state index is 0.106. The van der Waals surface area contributed by atoms with Gasteiger partial charge in [0.2, 0.25) is 0 Å². The first-order valence-electron chi connectivity index (χ1n) is 2.56. The standard InChI is InChI=1S/C6H12O2/c1-6(3-4-7)5-8-2/h3,7H,4-5H2,1-2H3/b6-3-. The smallest absolute Gasteiger partial charge is 0.0671 e. The third kappa shape index (κ3) is 3.84. The van der Waals surface area contributed by atoms with Gasteiger partial charge in [-0.3, -0.25) is 0 Å². The van der Waals surface area contributed by atoms with Crippen LogP contribution in [0.5, 0.6) is 0 Å². The Kier molecular flexibility index (Phi) is 4.61. The van der Waals surface area contributed by atoms with E-state index in [1.165, 1.54) is 0 Å². The van der Waals surface area contributed by atoms with Gasteiger partial charge in [-0.1, -0.05) is 6.08 Å². The topological polar surface area (TPSA) is 29.5 Å². The van der Waals surface area contributed by atoms with Gasteiger partial charge >= 0.3 is 0 Å². The highest BCUT2D eigenvalue weighted by molar-refractivity contribution is 4.97. The molecule has 0 atom stereocenters. The predicted molar refractivity (Wildman–Crippen MR) is 32.7 cm³/mol. The summed E-state index contributed by atoms with van der Waals surface area (Å²) in [5.41, 5.74) is 1.06. The third-order valence-electron chi connectivity index (χ3n) is 0.812. The molecular formula is C6H12O2. The van der Waals surface area contributed by atoms with Gasteiger partial charge in [0.05, 0.1) is 13.2 Å². The molecule has 0 spiro atoms. The predicted octanol–water partition coefficient (Wildman–Crippen LogP) is 0.571. The quantitative estimate of drug-likeness (QED) is 0.546. The highest BCUT2D eigenvalue weighted by Crippen LogP contribution is 1.89. The Hall–Kier alpha value is -0.340. The molecule has 0 aromatic carbocycles. The summed E-state index contributed by atoms with van der Waals surface area (Å²) in [5, 5.41) is 8.33. The Bertz CT molecular complexity index is 76.6. The molecule has 0 bridgehead atoms. The van der Waals surface area contributed by atoms with Crippen LogP contribution in [0.2, 0.25) is 0 Å². The van der Waals surface area contributed by atoms with E-state index in [1.807, 2.05) is 6.92 Å². The fraction of sp³-hybridized carbons (Fsp3) is 0.667. The average Bonchev–Trinajstić information content (AvgIpc) is 1.68. The zero-order valence-electron chi connectivity index (χ0n) is 5.35. The van der Waals surface area contributed by atoms with Crippen molar-refractivity contribution < 1.29 is 9.84 Å². The Morgan fingerprint density at radius 3 is 2.75 bits per heavy atom. The molecular weight excluding hydrogens is 104 g/mol. The van der Waals surface area contributed by atoms with E-state index in [4.69, 9.17) is 9.84 Å². The van der Waals surface area contributed by atoms with Crippen molar-refractivity contribution in [3.63, 3.8) is 0 Å². The SMILES string of the molecule is COC/C(C)=C\CO. The van der Waals surface area contributed by atoms with Gasteiger partial charge in [-0.25, -0.2) is 0 Å². The van der Waals surface area contributed by atoms with E-state index in [9.17, 15) is 0 Å². The lowest BCUT2D eigenvalue weighted by molar-refractivity contribution is 0.224. The molecule has 1 N–H and O–H groups in total. The summed E-state index contributed by atoms with van der Waals surface area (Å²) in [5.74, 6) is 0. The summed E-state index contributed by atoms with van der Waals surface area (Å²) in [6.45, 7) is 2.63. The molecule has 0 aliphatic carbocycles. The number of rotatable bonds is 3. The zero-order valence-corrected chi connectivity index (χ0v) is 5.35. The van der Waals surface area contributed by atoms with E-state index in [-0.39, 0.29) is 6.61 Å². The summed E-state index contributed by atoms with van der Waals surface area (Å²) in [6, 6.07) is 0. The highest BCUT2D eigenvalue weighted by Gasteiger charge is 1.82. The number of hydrogen-bond acceptors (Lipinski definition) is 2. The van der Waals surface area contributed by atoms with Crippen molar-refractivity contribution in [1.82, 2.24) is 0 Å². The van der Waals surface area contributed by atoms with Crippen molar-refractivity contribution in [3.8, 4) is 0 Å². The minimum Gasteiger partial charge on any atom is -0.392 e. The van der Waals surface area contributed by atoms with Gasteiger partial charge < -0.3 is 9.84 Å². The first-order valence-corrected chi connectivity index (χ1v) is 2.56. The molecule has 2 nitrogen and oxygen atoms in total. The molecule has 0 aromatic rings. The summed E-state index contributed by atoms with van der Waals surface area (Å²) in [6.07, 6.45) is 1.73. The van der Waals surface area contributed by atoms with Crippen molar-refractivity contribution in [1.29, 1.82) is 0 Å². The number of hydrogen-bond donors (Lipinski definition) is 1. The molecule has 0 aromatic heterocycles. The van der Waals surface area contributed by atoms with Crippen LogP contribution in [0, 0.1) is 0 Å². The minimum atomic E-state index is 0.106. The molecule has 0 rings (SSSR count). The molecule has 0 aliphatic heterocycles. The fourth-order valence-corrected chi connectivity index (χ4v) is 0.442. The molecule has 8 heavy (non-hydrogen) atoms. The zero-order chi connectivity index (χ0) is 6.41. The van der Waals surface area contributed by atoms with Gasteiger partial charge in [0, 0.05) is 7.11 Å². The molecule has 0 saturated carbocycles. The van der Waals surface area contributed by atoms with Crippen molar-refractivity contribution in [3.05, 3.63) is 11.6 Å². The molecule has 0 saturated heterocycles. The van der Waals surface area contributed by atoms with Crippen LogP contribution in [0.1, 0.15) is 6.92 Å². The highest BCUT2D eigenvalue weighted by atomic mass is 16.5. The number of aliphatic hydroxyl groups excluding tert-OH is 1. The Morgan fingerprint density at radius 2 is 2.38 bits per heavy atom. The summed E-state index contributed by atoms with van der Waals surface area (Å²) in [7, 11) is 1.63. The van der Waals surface area contributed by atoms with Gasteiger partial charge in [0.15, 0.2) is 0 Å². The van der Waals surface area contributed by atoms with Gasteiger partial charge in [-0.15, -0.1) is 0 Å². The summed E-state index contributed by atoms with van der Waals surface area (Å²) < 4.78 is 4.78. The van der Waals surface area contributed by atoms with Gasteiger partial charge in [-0.2, -0.15) is 0 Å². The van der Waals surface area contributed by atoms with Crippen LogP contribution in [-0.4, -0.2) is 25.4 Å². The number of ether oxygens (including phenoxy) is 1. The molecule has 0 heterocycles. The second-order valence-electron chi connectivity index (χ2n) is 1.67. The normalized spacial score (nSPS) is 12.1. The van der Waals surface area contributed by atoms with E-state index in [1.54, 1.807) is 13.2 Å². The molecule has 0 unspecified atom stereocenters. The monoisotopic (exact) mass is 116 g/mol. The van der Waals surface area contributed by atoms with Crippen LogP contribution in [0.25, 0.3) is 0 Å². The van der Waals surface area contributed by atoms with E-state index in [0.29, 0.717) is 6.61 Å². The largest absolute Gasteiger partial charge is 0.392 e. The third-order valence-corrected chi connectivity index (χ3v) is 0.812. The molecule has 0 amide bonds. The molecule has 0 aliphatic rings. The second kappa shape index (κ2) is 4.81. The van der Waals surface area contributed by atoms with E-state index < -0.39 is 0 Å². The maximum absolute atomic E-state index is 8.33. The lowest BCUT2D eigenvalue weighted by Gasteiger charge is -1.94. The Balaban J connectivity index is 3.29. The Morgan fingerprint density at radius 1 is 1.75 bits per heavy atom. The Labute approximate surface area is 49.8 Å². The summed E-state index contributed by atoms with van der Waals surface area (Å²) in [4.78, 5) is 0. The molecule has 0 fully saturated rings. The van der Waals surface area contributed by atoms with Crippen LogP contribution in [-0.2, 0) is 4.74 Å². The maximum atomic E-state index is 8.33. The van der Waals surface area contributed by atoms with Gasteiger partial charge in [-0.05, 0) is 12.5 Å². The van der Waals surface area contributed by atoms with Crippen molar-refractivity contribution in [2.45, 2.75) is 6.92 Å². The second-order valence-corrected chi connectivity index (χ2v) is 1.67. The van der Waals surface area contributed by atoms with Crippen LogP contribution in [0.15, 0.2) is 11.6 Å². The van der Waals surface area contributed by atoms with Gasteiger partial charge in [0.25, 0.3) is 0 Å². The van der Waals surface area contributed by atoms with Crippen LogP contribution < -0.4 is 0 Å². The fourth-order valence-electron chi connectivity index (χ4n) is 0.442. The van der Waals surface area contributed by atoms with E-state index in [0.717, 1.165) is 5.57 Å². The first kappa shape index (κ1) is 7.66. The molecule has 2 heteroatoms. The molecule has 48 valence electrons. The van der Waals surface area contributed by atoms with Gasteiger partial charge in [0.1, 0.15) is 0 Å². The van der Waals surface area contributed by atoms with Crippen LogP contribution >= 0.6 is 0 Å². The number of methoxy groups -OCH3 is 1. The van der Waals surface area contributed by atoms with Crippen molar-refractivity contribution >= 4 is 0 Å². The average molecular weight is 116 g/mol. The molecule has 0 radical (unpaired) electrons. The van der Waals surface area contributed by atoms with Crippen molar-refractivity contribution in [2.75, 3.05) is 20.3 Å². The van der Waals surface area contributed by atoms with E-state index in [2.05, 4.69) is 0 Å². The van der Waals surface area contributed by atoms with Crippen LogP contribution in [0.3, 0.4) is 0 Å². The van der Waals surface area contributed by atoms with Crippen LogP contribution in [0.4, 0.5) is 0 Å². The lowest BCUT2D eigenvalue weighted by Crippen LogP contribution is -1.90. The first-order chi connectivity index (χ1) is 3.81.